The Hall–Kier alpha value is -0.822. The summed E-state index contributed by atoms with van der Waals surface area (Å²) in [6, 6.07) is 5.24. The van der Waals surface area contributed by atoms with Crippen molar-refractivity contribution in [1.82, 2.24) is 5.32 Å². The van der Waals surface area contributed by atoms with Crippen LogP contribution in [0.2, 0.25) is 0 Å². The molecule has 1 aromatic carbocycles. The molecule has 17 heteroatoms. The third-order valence-corrected chi connectivity index (χ3v) is 9.23. The van der Waals surface area contributed by atoms with Gasteiger partial charge >= 0.3 is 47.3 Å². The maximum absolute atomic E-state index is 12.6. The molecule has 1 rings (SSSR count). The number of phosphoric ester groups is 1. The number of carbonyl (C=O) groups is 2. The summed E-state index contributed by atoms with van der Waals surface area (Å²) in [7, 11) is 10.8. The summed E-state index contributed by atoms with van der Waals surface area (Å²) in [5.41, 5.74) is 16.7. The van der Waals surface area contributed by atoms with Crippen LogP contribution in [0.1, 0.15) is 114 Å². The molecule has 318 valence electrons. The SMILES string of the molecule is CCCCCCCCCCCCCCCCC(=O)OC[C@H](COP(=O)([O-])OCC[N+](C)(C)C)OC(=O)CNCCOc1ccc(C[NH-])c(C[NH-])c1.[Cl][Pt+2][Cl]. The molecular weight excluding hydrogens is 941 g/mol. The fourth-order valence-electron chi connectivity index (χ4n) is 5.16. The van der Waals surface area contributed by atoms with Crippen molar-refractivity contribution in [3.63, 3.8) is 0 Å². The predicted molar refractivity (Wildman–Crippen MR) is 211 cm³/mol. The Kier molecular flexibility index (Phi) is 33.7. The van der Waals surface area contributed by atoms with Crippen LogP contribution in [0.25, 0.3) is 11.5 Å². The number of unbranched alkanes of at least 4 members (excludes halogenated alkanes) is 13. The van der Waals surface area contributed by atoms with Gasteiger partial charge in [0.05, 0.1) is 34.3 Å². The molecule has 0 heterocycles. The van der Waals surface area contributed by atoms with Gasteiger partial charge in [0.25, 0.3) is 7.82 Å². The van der Waals surface area contributed by atoms with Gasteiger partial charge in [-0.1, -0.05) is 108 Å². The van der Waals surface area contributed by atoms with E-state index in [4.69, 9.17) is 53.6 Å². The first-order chi connectivity index (χ1) is 25.8. The van der Waals surface area contributed by atoms with Crippen molar-refractivity contribution < 1.29 is 63.3 Å². The number of nitrogens with one attached hydrogen (secondary N) is 3. The molecule has 13 nitrogen and oxygen atoms in total. The summed E-state index contributed by atoms with van der Waals surface area (Å²) >= 11 is -0.472. The molecule has 1 aromatic rings. The summed E-state index contributed by atoms with van der Waals surface area (Å²) in [6.07, 6.45) is 16.0. The summed E-state index contributed by atoms with van der Waals surface area (Å²) in [6.45, 7) is 2.18. The third kappa shape index (κ3) is 32.3. The zero-order valence-electron chi connectivity index (χ0n) is 32.9. The predicted octanol–water partition coefficient (Wildman–Crippen LogP) is 8.67. The van der Waals surface area contributed by atoms with Gasteiger partial charge in [-0.2, -0.15) is 0 Å². The third-order valence-electron chi connectivity index (χ3n) is 8.27. The van der Waals surface area contributed by atoms with E-state index in [0.29, 0.717) is 29.7 Å². The first-order valence-electron chi connectivity index (χ1n) is 19.1. The Labute approximate surface area is 341 Å². The molecule has 0 aliphatic rings. The van der Waals surface area contributed by atoms with Crippen LogP contribution in [0.5, 0.6) is 5.75 Å². The van der Waals surface area contributed by atoms with E-state index in [1.807, 2.05) is 21.1 Å². The number of phosphoric acid groups is 1. The van der Waals surface area contributed by atoms with Crippen molar-refractivity contribution >= 4 is 38.6 Å². The van der Waals surface area contributed by atoms with Gasteiger partial charge in [0.1, 0.15) is 32.1 Å². The molecular formula is C37H67Cl2N4O9PPt. The van der Waals surface area contributed by atoms with Gasteiger partial charge in [0.15, 0.2) is 6.10 Å². The monoisotopic (exact) mass is 1010 g/mol. The van der Waals surface area contributed by atoms with E-state index in [0.717, 1.165) is 30.4 Å². The molecule has 54 heavy (non-hydrogen) atoms. The van der Waals surface area contributed by atoms with Crippen LogP contribution in [-0.2, 0) is 62.2 Å². The van der Waals surface area contributed by atoms with Gasteiger partial charge in [-0.15, -0.1) is 13.1 Å². The fourth-order valence-corrected chi connectivity index (χ4v) is 5.89. The van der Waals surface area contributed by atoms with Crippen molar-refractivity contribution in [2.75, 3.05) is 67.2 Å². The molecule has 3 N–H and O–H groups in total. The summed E-state index contributed by atoms with van der Waals surface area (Å²) < 4.78 is 39.2. The maximum atomic E-state index is 12.6. The summed E-state index contributed by atoms with van der Waals surface area (Å²) in [5.74, 6) is -0.564. The van der Waals surface area contributed by atoms with Gasteiger partial charge in [-0.3, -0.25) is 14.2 Å². The Balaban J connectivity index is 0.00000903. The van der Waals surface area contributed by atoms with Gasteiger partial charge in [0.2, 0.25) is 0 Å². The fraction of sp³-hybridized carbons (Fsp3) is 0.784. The van der Waals surface area contributed by atoms with Gasteiger partial charge < -0.3 is 49.4 Å². The normalized spacial score (nSPS) is 13.1. The second-order valence-corrected chi connectivity index (χ2v) is 18.8. The Morgan fingerprint density at radius 3 is 1.93 bits per heavy atom. The van der Waals surface area contributed by atoms with E-state index in [-0.39, 0.29) is 45.9 Å². The molecule has 1 unspecified atom stereocenters. The van der Waals surface area contributed by atoms with Gasteiger partial charge in [0, 0.05) is 13.0 Å². The first-order valence-corrected chi connectivity index (χ1v) is 26.2. The molecule has 0 saturated heterocycles. The van der Waals surface area contributed by atoms with Crippen molar-refractivity contribution in [3.8, 4) is 5.75 Å². The number of ether oxygens (including phenoxy) is 3. The average molecular weight is 1010 g/mol. The van der Waals surface area contributed by atoms with Crippen LogP contribution in [0.4, 0.5) is 0 Å². The van der Waals surface area contributed by atoms with Crippen molar-refractivity contribution in [3.05, 3.63) is 40.8 Å². The molecule has 0 bridgehead atoms. The van der Waals surface area contributed by atoms with E-state index in [1.54, 1.807) is 18.2 Å². The van der Waals surface area contributed by atoms with Crippen molar-refractivity contribution in [1.29, 1.82) is 0 Å². The van der Waals surface area contributed by atoms with Crippen LogP contribution >= 0.6 is 26.7 Å². The molecule has 0 aliphatic carbocycles. The minimum atomic E-state index is -4.69. The number of benzene rings is 1. The van der Waals surface area contributed by atoms with E-state index in [1.165, 1.54) is 64.2 Å². The molecule has 0 saturated carbocycles. The van der Waals surface area contributed by atoms with E-state index >= 15 is 0 Å². The van der Waals surface area contributed by atoms with Gasteiger partial charge in [-0.05, 0) is 18.6 Å². The number of quaternary nitrogens is 1. The summed E-state index contributed by atoms with van der Waals surface area (Å²) in [5, 5.41) is 2.90. The molecule has 0 amide bonds. The van der Waals surface area contributed by atoms with Crippen molar-refractivity contribution in [2.24, 2.45) is 0 Å². The van der Waals surface area contributed by atoms with Gasteiger partial charge in [-0.25, -0.2) is 0 Å². The van der Waals surface area contributed by atoms with Crippen LogP contribution < -0.4 is 14.9 Å². The number of halogens is 2. The Bertz CT molecular complexity index is 1160. The number of esters is 2. The number of likely N-dealkylation sites (N-methyl/N-ethyl adjacent to an activating group) is 1. The van der Waals surface area contributed by atoms with E-state index in [2.05, 4.69) is 12.2 Å². The topological polar surface area (TPSA) is 180 Å². The number of rotatable bonds is 33. The average Bonchev–Trinajstić information content (AvgIpc) is 3.12. The molecule has 0 spiro atoms. The standard InChI is InChI=1S/C37H68N4O9P.2ClH.Pt/c1-5-6-7-8-9-10-11-12-13-14-15-16-17-18-19-36(42)47-30-35(31-49-51(44,45)48-25-23-41(2,3)4)50-37(43)29-40-22-24-46-34-21-20-32(27-38)33(26-34)28-39;;;/h20-21,26,35,38-40H,5-19,22-25,27-31H2,1-4H3,(H,44,45);2*1H;/q-1;;;+4/p-3/t35-;;;/m1.../s1. The zero-order valence-corrected chi connectivity index (χ0v) is 37.6. The molecule has 0 radical (unpaired) electrons. The van der Waals surface area contributed by atoms with Crippen LogP contribution in [0, 0.1) is 0 Å². The summed E-state index contributed by atoms with van der Waals surface area (Å²) in [4.78, 5) is 37.3. The molecule has 0 fully saturated rings. The molecule has 0 aromatic heterocycles. The minimum absolute atomic E-state index is 0.0549. The van der Waals surface area contributed by atoms with Crippen LogP contribution in [0.15, 0.2) is 18.2 Å². The number of nitrogens with zero attached hydrogens (tertiary/aromatic N) is 1. The van der Waals surface area contributed by atoms with E-state index in [9.17, 15) is 19.0 Å². The number of hydrogen-bond donors (Lipinski definition) is 1. The number of hydrogen-bond acceptors (Lipinski definition) is 10. The zero-order chi connectivity index (χ0) is 40.5. The first kappa shape index (κ1) is 53.2. The molecule has 0 aliphatic heterocycles. The Morgan fingerprint density at radius 1 is 0.833 bits per heavy atom. The Morgan fingerprint density at radius 2 is 1.39 bits per heavy atom. The van der Waals surface area contributed by atoms with Crippen LogP contribution in [0.3, 0.4) is 0 Å². The van der Waals surface area contributed by atoms with E-state index < -0.39 is 49.0 Å². The number of carbonyl (C=O) groups excluding carboxylic acids is 2. The molecule has 2 atom stereocenters. The van der Waals surface area contributed by atoms with Crippen LogP contribution in [-0.4, -0.2) is 89.7 Å². The quantitative estimate of drug-likeness (QED) is 0.0310. The second-order valence-electron chi connectivity index (χ2n) is 14.1. The second kappa shape index (κ2) is 34.2. The van der Waals surface area contributed by atoms with Crippen molar-refractivity contribution in [2.45, 2.75) is 122 Å².